The van der Waals surface area contributed by atoms with E-state index in [9.17, 15) is 31.7 Å². The molecule has 10 nitrogen and oxygen atoms in total. The molecule has 0 saturated carbocycles. The third kappa shape index (κ3) is 6.64. The van der Waals surface area contributed by atoms with Gasteiger partial charge in [-0.2, -0.15) is 0 Å². The number of nitrogens with zero attached hydrogens (tertiary/aromatic N) is 2. The molecule has 0 aliphatic carbocycles. The number of phenolic OH excluding ortho intramolecular Hbond substituents is 1. The molecule has 0 heterocycles. The molecule has 34 heavy (non-hydrogen) atoms. The summed E-state index contributed by atoms with van der Waals surface area (Å²) in [5.74, 6) is -1.59. The van der Waals surface area contributed by atoms with Crippen molar-refractivity contribution < 1.29 is 31.7 Å². The van der Waals surface area contributed by atoms with Crippen molar-refractivity contribution in [1.29, 1.82) is 0 Å². The summed E-state index contributed by atoms with van der Waals surface area (Å²) in [7, 11) is 0. The second-order valence-electron chi connectivity index (χ2n) is 7.45. The van der Waals surface area contributed by atoms with Crippen molar-refractivity contribution in [3.8, 4) is 16.9 Å². The third-order valence-electron chi connectivity index (χ3n) is 4.82. The zero-order valence-electron chi connectivity index (χ0n) is 18.0. The van der Waals surface area contributed by atoms with Gasteiger partial charge in [-0.25, -0.2) is 4.79 Å². The van der Waals surface area contributed by atoms with Crippen LogP contribution >= 0.6 is 0 Å². The van der Waals surface area contributed by atoms with E-state index in [4.69, 9.17) is 0 Å². The van der Waals surface area contributed by atoms with E-state index in [0.29, 0.717) is 28.1 Å². The molecule has 176 valence electrons. The van der Waals surface area contributed by atoms with Gasteiger partial charge in [0.2, 0.25) is 5.91 Å². The van der Waals surface area contributed by atoms with Crippen LogP contribution < -0.4 is 9.67 Å². The standard InChI is InChI=1S/C23H22AsN3O7/c1-14(28)25-21(23(30)31)13-15-2-11-22(29)20(12-15)16-3-7-18(8-4-16)26-27-19-9-5-17(6-10-19)24(32,33)34/h2-12,21,29H,13H2,1H3,(H,25,28)(H,30,31)(H2,32,33,34)/t21-/m0/s1. The maximum absolute atomic E-state index is 11.4. The van der Waals surface area contributed by atoms with Crippen molar-refractivity contribution in [2.75, 3.05) is 0 Å². The average Bonchev–Trinajstić information content (AvgIpc) is 2.78. The molecule has 3 aromatic carbocycles. The van der Waals surface area contributed by atoms with Gasteiger partial charge in [-0.3, -0.25) is 4.79 Å². The molecule has 0 unspecified atom stereocenters. The van der Waals surface area contributed by atoms with E-state index < -0.39 is 32.1 Å². The minimum absolute atomic E-state index is 0.0104. The zero-order valence-corrected chi connectivity index (χ0v) is 19.9. The van der Waals surface area contributed by atoms with Gasteiger partial charge >= 0.3 is 130 Å². The fraction of sp³-hybridized carbons (Fsp3) is 0.130. The van der Waals surface area contributed by atoms with Crippen LogP contribution in [0.25, 0.3) is 11.1 Å². The first-order chi connectivity index (χ1) is 16.0. The normalized spacial score (nSPS) is 12.4. The molecule has 11 heteroatoms. The molecule has 0 aliphatic rings. The topological polar surface area (TPSA) is 169 Å². The van der Waals surface area contributed by atoms with Crippen LogP contribution in [-0.4, -0.2) is 50.5 Å². The predicted octanol–water partition coefficient (Wildman–Crippen LogP) is 2.17. The molecule has 1 amide bonds. The number of aliphatic carboxylic acids is 1. The van der Waals surface area contributed by atoms with Crippen LogP contribution in [0.5, 0.6) is 5.75 Å². The number of carboxylic acid groups (broad SMARTS) is 1. The smallest absolute Gasteiger partial charge is 0.480 e. The predicted molar refractivity (Wildman–Crippen MR) is 124 cm³/mol. The number of phenols is 1. The number of azo groups is 1. The Morgan fingerprint density at radius 2 is 1.50 bits per heavy atom. The number of rotatable bonds is 8. The van der Waals surface area contributed by atoms with Crippen LogP contribution in [0.4, 0.5) is 11.4 Å². The molecule has 0 bridgehead atoms. The van der Waals surface area contributed by atoms with Crippen LogP contribution in [0.15, 0.2) is 77.0 Å². The van der Waals surface area contributed by atoms with Crippen molar-refractivity contribution in [2.24, 2.45) is 10.2 Å². The first-order valence-corrected chi connectivity index (χ1v) is 13.4. The molecule has 0 aliphatic heterocycles. The van der Waals surface area contributed by atoms with E-state index in [1.54, 1.807) is 36.4 Å². The van der Waals surface area contributed by atoms with Crippen molar-refractivity contribution in [1.82, 2.24) is 5.32 Å². The van der Waals surface area contributed by atoms with Gasteiger partial charge < -0.3 is 15.5 Å². The van der Waals surface area contributed by atoms with Crippen molar-refractivity contribution in [2.45, 2.75) is 19.4 Å². The van der Waals surface area contributed by atoms with E-state index >= 15 is 0 Å². The van der Waals surface area contributed by atoms with Gasteiger partial charge in [-0.1, -0.05) is 6.07 Å². The fourth-order valence-corrected chi connectivity index (χ4v) is 4.29. The summed E-state index contributed by atoms with van der Waals surface area (Å²) in [6.07, 6.45) is 0.0520. The van der Waals surface area contributed by atoms with Crippen molar-refractivity contribution >= 4 is 41.8 Å². The number of nitrogens with one attached hydrogen (secondary N) is 1. The number of carbonyl (C=O) groups is 2. The summed E-state index contributed by atoms with van der Waals surface area (Å²) in [6.45, 7) is 1.25. The van der Waals surface area contributed by atoms with E-state index in [0.717, 1.165) is 0 Å². The Balaban J connectivity index is 1.77. The van der Waals surface area contributed by atoms with Gasteiger partial charge in [-0.15, -0.1) is 0 Å². The first-order valence-electron chi connectivity index (χ1n) is 10.0. The second kappa shape index (κ2) is 10.5. The van der Waals surface area contributed by atoms with E-state index in [2.05, 4.69) is 15.5 Å². The van der Waals surface area contributed by atoms with Crippen LogP contribution in [0.3, 0.4) is 0 Å². The maximum atomic E-state index is 11.4. The van der Waals surface area contributed by atoms with Crippen LogP contribution in [0, 0.1) is 0 Å². The number of aromatic hydroxyl groups is 1. The van der Waals surface area contributed by atoms with Gasteiger partial charge in [0, 0.05) is 13.3 Å². The average molecular weight is 527 g/mol. The van der Waals surface area contributed by atoms with E-state index in [1.165, 1.54) is 37.3 Å². The summed E-state index contributed by atoms with van der Waals surface area (Å²) < 4.78 is 29.6. The molecular weight excluding hydrogens is 505 g/mol. The number of hydrogen-bond acceptors (Lipinski definition) is 6. The van der Waals surface area contributed by atoms with Crippen molar-refractivity contribution in [3.63, 3.8) is 0 Å². The Morgan fingerprint density at radius 1 is 0.941 bits per heavy atom. The van der Waals surface area contributed by atoms with E-state index in [-0.39, 0.29) is 16.5 Å². The minimum Gasteiger partial charge on any atom is -0.480 e. The minimum atomic E-state index is -4.94. The Kier molecular flexibility index (Phi) is 7.67. The Labute approximate surface area is 197 Å². The molecule has 0 spiro atoms. The SMILES string of the molecule is CC(=O)N[C@@H](Cc1ccc(O)c(-c2ccc(N=Nc3ccc([As](=O)(O)O)cc3)cc2)c1)C(=O)O. The molecule has 3 rings (SSSR count). The first kappa shape index (κ1) is 24.9. The molecule has 0 fully saturated rings. The van der Waals surface area contributed by atoms with Gasteiger partial charge in [-0.05, 0) is 11.6 Å². The fourth-order valence-electron chi connectivity index (χ4n) is 3.16. The van der Waals surface area contributed by atoms with Crippen LogP contribution in [0.2, 0.25) is 0 Å². The van der Waals surface area contributed by atoms with E-state index in [1.807, 2.05) is 0 Å². The van der Waals surface area contributed by atoms with Crippen LogP contribution in [0.1, 0.15) is 12.5 Å². The number of carboxylic acids is 1. The van der Waals surface area contributed by atoms with Crippen molar-refractivity contribution in [3.05, 3.63) is 72.3 Å². The monoisotopic (exact) mass is 527 g/mol. The zero-order chi connectivity index (χ0) is 24.9. The quantitative estimate of drug-likeness (QED) is 0.221. The second-order valence-corrected chi connectivity index (χ2v) is 10.8. The molecule has 0 radical (unpaired) electrons. The summed E-state index contributed by atoms with van der Waals surface area (Å²) >= 11 is -4.94. The third-order valence-corrected chi connectivity index (χ3v) is 6.86. The number of hydrogen-bond donors (Lipinski definition) is 5. The molecule has 5 N–H and O–H groups in total. The number of amides is 1. The number of benzene rings is 3. The van der Waals surface area contributed by atoms with Gasteiger partial charge in [0.15, 0.2) is 0 Å². The summed E-state index contributed by atoms with van der Waals surface area (Å²) in [6, 6.07) is 16.0. The molecule has 3 aromatic rings. The summed E-state index contributed by atoms with van der Waals surface area (Å²) in [5.41, 5.74) is 2.71. The summed E-state index contributed by atoms with van der Waals surface area (Å²) in [4.78, 5) is 22.7. The molecule has 0 aromatic heterocycles. The van der Waals surface area contributed by atoms with Gasteiger partial charge in [0.25, 0.3) is 0 Å². The van der Waals surface area contributed by atoms with Gasteiger partial charge in [0.1, 0.15) is 6.04 Å². The molecule has 1 atom stereocenters. The van der Waals surface area contributed by atoms with Crippen LogP contribution in [-0.2, 0) is 19.7 Å². The Hall–Kier alpha value is -3.72. The Morgan fingerprint density at radius 3 is 2.00 bits per heavy atom. The molecular formula is C23H22AsN3O7. The molecule has 0 saturated heterocycles. The number of carbonyl (C=O) groups excluding carboxylic acids is 1. The Bertz CT molecular complexity index is 1270. The summed E-state index contributed by atoms with van der Waals surface area (Å²) in [5, 5.41) is 30.1. The van der Waals surface area contributed by atoms with Gasteiger partial charge in [0.05, 0.1) is 0 Å².